The summed E-state index contributed by atoms with van der Waals surface area (Å²) in [5.74, 6) is -1.24. The zero-order chi connectivity index (χ0) is 24.6. The quantitative estimate of drug-likeness (QED) is 0.467. The minimum atomic E-state index is -3.83. The average Bonchev–Trinajstić information content (AvgIpc) is 2.85. The van der Waals surface area contributed by atoms with E-state index < -0.39 is 28.5 Å². The van der Waals surface area contributed by atoms with Crippen molar-refractivity contribution in [3.05, 3.63) is 90.0 Å². The molecule has 0 aliphatic heterocycles. The van der Waals surface area contributed by atoms with Crippen molar-refractivity contribution in [3.8, 4) is 6.07 Å². The van der Waals surface area contributed by atoms with E-state index in [1.807, 2.05) is 13.0 Å². The molecule has 3 rings (SSSR count). The Kier molecular flexibility index (Phi) is 8.01. The Morgan fingerprint density at radius 2 is 1.62 bits per heavy atom. The van der Waals surface area contributed by atoms with Gasteiger partial charge in [0, 0.05) is 17.9 Å². The van der Waals surface area contributed by atoms with Gasteiger partial charge in [-0.3, -0.25) is 9.52 Å². The van der Waals surface area contributed by atoms with Gasteiger partial charge in [-0.25, -0.2) is 13.2 Å². The molecule has 3 aromatic carbocycles. The zero-order valence-corrected chi connectivity index (χ0v) is 19.3. The van der Waals surface area contributed by atoms with Crippen molar-refractivity contribution in [2.75, 3.05) is 22.8 Å². The lowest BCUT2D eigenvalue weighted by Crippen LogP contribution is -2.35. The van der Waals surface area contributed by atoms with Gasteiger partial charge in [0.15, 0.2) is 6.61 Å². The first-order valence-corrected chi connectivity index (χ1v) is 11.9. The van der Waals surface area contributed by atoms with Gasteiger partial charge in [0.05, 0.1) is 22.9 Å². The molecule has 1 N–H and O–H groups in total. The van der Waals surface area contributed by atoms with Crippen LogP contribution in [-0.4, -0.2) is 33.4 Å². The summed E-state index contributed by atoms with van der Waals surface area (Å²) >= 11 is 0. The number of amides is 1. The highest BCUT2D eigenvalue weighted by Gasteiger charge is 2.19. The molecule has 9 heteroatoms. The Morgan fingerprint density at radius 3 is 2.24 bits per heavy atom. The van der Waals surface area contributed by atoms with Crippen molar-refractivity contribution in [2.24, 2.45) is 0 Å². The van der Waals surface area contributed by atoms with E-state index in [-0.39, 0.29) is 23.4 Å². The number of carbonyl (C=O) groups excluding carboxylic acids is 2. The lowest BCUT2D eigenvalue weighted by atomic mass is 10.2. The van der Waals surface area contributed by atoms with E-state index in [9.17, 15) is 18.0 Å². The van der Waals surface area contributed by atoms with E-state index in [0.29, 0.717) is 11.4 Å². The highest BCUT2D eigenvalue weighted by molar-refractivity contribution is 7.92. The number of nitrogens with one attached hydrogen (secondary N) is 1. The third-order valence-corrected chi connectivity index (χ3v) is 6.24. The molecule has 0 heterocycles. The Bertz CT molecular complexity index is 1280. The van der Waals surface area contributed by atoms with Crippen LogP contribution in [0.4, 0.5) is 11.4 Å². The summed E-state index contributed by atoms with van der Waals surface area (Å²) in [4.78, 5) is 26.4. The molecule has 0 unspecified atom stereocenters. The second kappa shape index (κ2) is 11.1. The van der Waals surface area contributed by atoms with Gasteiger partial charge in [-0.1, -0.05) is 35.9 Å². The van der Waals surface area contributed by atoms with Crippen molar-refractivity contribution in [3.63, 3.8) is 0 Å². The number of nitriles is 1. The van der Waals surface area contributed by atoms with Crippen LogP contribution in [0.1, 0.15) is 22.3 Å². The smallest absolute Gasteiger partial charge is 0.338 e. The lowest BCUT2D eigenvalue weighted by Gasteiger charge is -2.21. The molecule has 0 fully saturated rings. The Morgan fingerprint density at radius 1 is 0.971 bits per heavy atom. The third-order valence-electron chi connectivity index (χ3n) is 4.85. The minimum absolute atomic E-state index is 0.0209. The molecular weight excluding hydrogens is 454 g/mol. The van der Waals surface area contributed by atoms with Crippen molar-refractivity contribution < 1.29 is 22.7 Å². The minimum Gasteiger partial charge on any atom is -0.452 e. The maximum Gasteiger partial charge on any atom is 0.338 e. The van der Waals surface area contributed by atoms with E-state index >= 15 is 0 Å². The van der Waals surface area contributed by atoms with Crippen molar-refractivity contribution in [1.29, 1.82) is 5.26 Å². The van der Waals surface area contributed by atoms with Gasteiger partial charge in [-0.15, -0.1) is 0 Å². The van der Waals surface area contributed by atoms with E-state index in [4.69, 9.17) is 10.00 Å². The monoisotopic (exact) mass is 477 g/mol. The van der Waals surface area contributed by atoms with Crippen LogP contribution in [0.3, 0.4) is 0 Å². The number of benzene rings is 3. The average molecular weight is 478 g/mol. The summed E-state index contributed by atoms with van der Waals surface area (Å²) in [5, 5.41) is 8.86. The van der Waals surface area contributed by atoms with E-state index in [0.717, 1.165) is 5.56 Å². The van der Waals surface area contributed by atoms with E-state index in [1.165, 1.54) is 29.2 Å². The number of esters is 1. The number of aryl methyl sites for hydroxylation is 1. The molecule has 1 amide bonds. The van der Waals surface area contributed by atoms with Crippen LogP contribution in [0.5, 0.6) is 0 Å². The van der Waals surface area contributed by atoms with Crippen LogP contribution < -0.4 is 9.62 Å². The first kappa shape index (κ1) is 24.5. The second-order valence-electron chi connectivity index (χ2n) is 7.36. The van der Waals surface area contributed by atoms with Crippen molar-refractivity contribution in [1.82, 2.24) is 0 Å². The van der Waals surface area contributed by atoms with Gasteiger partial charge in [0.25, 0.3) is 15.9 Å². The number of hydrogen-bond donors (Lipinski definition) is 1. The fourth-order valence-electron chi connectivity index (χ4n) is 3.06. The molecule has 0 aromatic heterocycles. The summed E-state index contributed by atoms with van der Waals surface area (Å²) in [6, 6.07) is 22.9. The highest BCUT2D eigenvalue weighted by atomic mass is 32.2. The number of ether oxygens (including phenoxy) is 1. The standard InChI is InChI=1S/C25H23N3O5S/c1-19-8-12-21(13-9-19)27-34(31,32)23-14-10-20(11-15-23)25(30)33-18-24(29)28(17-5-16-26)22-6-3-2-4-7-22/h2-4,6-15,27H,5,17-18H2,1H3. The second-order valence-corrected chi connectivity index (χ2v) is 9.04. The lowest BCUT2D eigenvalue weighted by molar-refractivity contribution is -0.121. The van der Waals surface area contributed by atoms with Crippen LogP contribution in [0.2, 0.25) is 0 Å². The van der Waals surface area contributed by atoms with Crippen LogP contribution >= 0.6 is 0 Å². The molecule has 0 saturated heterocycles. The number of anilines is 2. The molecule has 174 valence electrons. The molecule has 0 aliphatic rings. The molecular formula is C25H23N3O5S. The molecule has 0 spiro atoms. The van der Waals surface area contributed by atoms with Crippen molar-refractivity contribution >= 4 is 33.3 Å². The molecule has 0 bridgehead atoms. The van der Waals surface area contributed by atoms with Crippen LogP contribution in [0.25, 0.3) is 0 Å². The zero-order valence-electron chi connectivity index (χ0n) is 18.5. The molecule has 8 nitrogen and oxygen atoms in total. The third kappa shape index (κ3) is 6.43. The molecule has 34 heavy (non-hydrogen) atoms. The van der Waals surface area contributed by atoms with Crippen LogP contribution in [0.15, 0.2) is 83.8 Å². The number of carbonyl (C=O) groups is 2. The van der Waals surface area contributed by atoms with E-state index in [2.05, 4.69) is 4.72 Å². The maximum atomic E-state index is 12.6. The number of sulfonamides is 1. The fourth-order valence-corrected chi connectivity index (χ4v) is 4.12. The molecule has 0 atom stereocenters. The summed E-state index contributed by atoms with van der Waals surface area (Å²) in [6.45, 7) is 1.54. The van der Waals surface area contributed by atoms with Gasteiger partial charge in [-0.05, 0) is 55.5 Å². The topological polar surface area (TPSA) is 117 Å². The van der Waals surface area contributed by atoms with Crippen molar-refractivity contribution in [2.45, 2.75) is 18.2 Å². The SMILES string of the molecule is Cc1ccc(NS(=O)(=O)c2ccc(C(=O)OCC(=O)N(CCC#N)c3ccccc3)cc2)cc1. The molecule has 0 saturated carbocycles. The summed E-state index contributed by atoms with van der Waals surface area (Å²) in [7, 11) is -3.83. The number of rotatable bonds is 9. The fraction of sp³-hybridized carbons (Fsp3) is 0.160. The van der Waals surface area contributed by atoms with Gasteiger partial charge < -0.3 is 9.64 Å². The Balaban J connectivity index is 1.63. The first-order valence-electron chi connectivity index (χ1n) is 10.4. The number of nitrogens with zero attached hydrogens (tertiary/aromatic N) is 2. The summed E-state index contributed by atoms with van der Waals surface area (Å²) in [6.07, 6.45) is 0.126. The van der Waals surface area contributed by atoms with Crippen LogP contribution in [0, 0.1) is 18.3 Å². The predicted octanol–water partition coefficient (Wildman–Crippen LogP) is 3.90. The number of para-hydroxylation sites is 1. The Labute approximate surface area is 198 Å². The molecule has 0 radical (unpaired) electrons. The molecule has 3 aromatic rings. The summed E-state index contributed by atoms with van der Waals surface area (Å²) in [5.41, 5.74) is 2.12. The summed E-state index contributed by atoms with van der Waals surface area (Å²) < 4.78 is 32.8. The maximum absolute atomic E-state index is 12.6. The van der Waals surface area contributed by atoms with Gasteiger partial charge in [-0.2, -0.15) is 5.26 Å². The predicted molar refractivity (Wildman–Crippen MR) is 128 cm³/mol. The highest BCUT2D eigenvalue weighted by Crippen LogP contribution is 2.18. The van der Waals surface area contributed by atoms with Crippen LogP contribution in [-0.2, 0) is 19.6 Å². The van der Waals surface area contributed by atoms with E-state index in [1.54, 1.807) is 54.6 Å². The molecule has 0 aliphatic carbocycles. The van der Waals surface area contributed by atoms with Gasteiger partial charge >= 0.3 is 5.97 Å². The van der Waals surface area contributed by atoms with Gasteiger partial charge in [0.2, 0.25) is 0 Å². The normalized spacial score (nSPS) is 10.7. The first-order chi connectivity index (χ1) is 16.3. The Hall–Kier alpha value is -4.16. The number of hydrogen-bond acceptors (Lipinski definition) is 6. The van der Waals surface area contributed by atoms with Gasteiger partial charge in [0.1, 0.15) is 0 Å². The largest absolute Gasteiger partial charge is 0.452 e.